The molecule has 0 radical (unpaired) electrons. The van der Waals surface area contributed by atoms with Gasteiger partial charge in [0.1, 0.15) is 0 Å². The first-order valence-corrected chi connectivity index (χ1v) is 7.09. The van der Waals surface area contributed by atoms with Crippen molar-refractivity contribution >= 4 is 11.6 Å². The van der Waals surface area contributed by atoms with Gasteiger partial charge in [-0.1, -0.05) is 37.1 Å². The van der Waals surface area contributed by atoms with Crippen molar-refractivity contribution in [2.24, 2.45) is 0 Å². The average molecular weight is 286 g/mol. The van der Waals surface area contributed by atoms with Crippen molar-refractivity contribution in [2.45, 2.75) is 51.3 Å². The van der Waals surface area contributed by atoms with Gasteiger partial charge in [0.25, 0.3) is 0 Å². The van der Waals surface area contributed by atoms with Gasteiger partial charge in [0.05, 0.1) is 12.7 Å². The Morgan fingerprint density at radius 2 is 2.05 bits per heavy atom. The molecule has 3 N–H and O–H groups in total. The van der Waals surface area contributed by atoms with Crippen LogP contribution in [-0.2, 0) is 0 Å². The van der Waals surface area contributed by atoms with Crippen LogP contribution in [0.4, 0.5) is 0 Å². The second kappa shape index (κ2) is 7.25. The number of aliphatic hydroxyl groups excluding tert-OH is 2. The van der Waals surface area contributed by atoms with E-state index in [0.717, 1.165) is 18.4 Å². The Hall–Kier alpha value is -0.610. The molecule has 1 aromatic rings. The van der Waals surface area contributed by atoms with Gasteiger partial charge in [-0.05, 0) is 38.0 Å². The molecule has 0 fully saturated rings. The van der Waals surface area contributed by atoms with E-state index in [2.05, 4.69) is 12.2 Å². The van der Waals surface area contributed by atoms with Crippen LogP contribution in [-0.4, -0.2) is 28.4 Å². The van der Waals surface area contributed by atoms with Gasteiger partial charge in [0.15, 0.2) is 0 Å². The average Bonchev–Trinajstić information content (AvgIpc) is 2.37. The SMILES string of the molecule is CCC[C@H](NC(C)(C)CO)C(O)c1cccc(Cl)c1. The van der Waals surface area contributed by atoms with Crippen molar-refractivity contribution < 1.29 is 10.2 Å². The lowest BCUT2D eigenvalue weighted by Crippen LogP contribution is -2.50. The number of halogens is 1. The molecular weight excluding hydrogens is 262 g/mol. The van der Waals surface area contributed by atoms with Gasteiger partial charge in [0, 0.05) is 16.6 Å². The molecule has 0 bridgehead atoms. The number of nitrogens with one attached hydrogen (secondary N) is 1. The summed E-state index contributed by atoms with van der Waals surface area (Å²) in [4.78, 5) is 0. The predicted octanol–water partition coefficient (Wildman–Crippen LogP) is 2.90. The molecule has 0 aliphatic heterocycles. The Bertz CT molecular complexity index is 395. The molecule has 108 valence electrons. The highest BCUT2D eigenvalue weighted by Gasteiger charge is 2.26. The summed E-state index contributed by atoms with van der Waals surface area (Å²) in [7, 11) is 0. The molecule has 0 aliphatic rings. The number of hydrogen-bond acceptors (Lipinski definition) is 3. The fraction of sp³-hybridized carbons (Fsp3) is 0.600. The normalized spacial score (nSPS) is 15.3. The molecule has 0 spiro atoms. The van der Waals surface area contributed by atoms with E-state index in [0.29, 0.717) is 5.02 Å². The Morgan fingerprint density at radius 3 is 2.58 bits per heavy atom. The molecule has 4 heteroatoms. The van der Waals surface area contributed by atoms with Crippen LogP contribution in [0.1, 0.15) is 45.3 Å². The van der Waals surface area contributed by atoms with Crippen LogP contribution in [0.2, 0.25) is 5.02 Å². The first-order chi connectivity index (χ1) is 8.89. The molecule has 1 aromatic carbocycles. The van der Waals surface area contributed by atoms with E-state index >= 15 is 0 Å². The zero-order chi connectivity index (χ0) is 14.5. The zero-order valence-electron chi connectivity index (χ0n) is 11.9. The van der Waals surface area contributed by atoms with Gasteiger partial charge < -0.3 is 15.5 Å². The third-order valence-electron chi connectivity index (χ3n) is 3.14. The lowest BCUT2D eigenvalue weighted by atomic mass is 9.95. The Balaban J connectivity index is 2.86. The van der Waals surface area contributed by atoms with Gasteiger partial charge in [-0.25, -0.2) is 0 Å². The van der Waals surface area contributed by atoms with Crippen molar-refractivity contribution in [3.63, 3.8) is 0 Å². The fourth-order valence-electron chi connectivity index (χ4n) is 2.09. The molecule has 0 saturated carbocycles. The Labute approximate surface area is 120 Å². The number of benzene rings is 1. The molecule has 3 nitrogen and oxygen atoms in total. The monoisotopic (exact) mass is 285 g/mol. The van der Waals surface area contributed by atoms with Crippen molar-refractivity contribution in [1.82, 2.24) is 5.32 Å². The van der Waals surface area contributed by atoms with Crippen molar-refractivity contribution in [1.29, 1.82) is 0 Å². The standard InChI is InChI=1S/C15H24ClNO2/c1-4-6-13(17-15(2,3)10-18)14(19)11-7-5-8-12(16)9-11/h5,7-9,13-14,17-19H,4,6,10H2,1-3H3/t13-,14?/m0/s1. The van der Waals surface area contributed by atoms with Crippen LogP contribution in [0.15, 0.2) is 24.3 Å². The number of aliphatic hydroxyl groups is 2. The summed E-state index contributed by atoms with van der Waals surface area (Å²) in [5.74, 6) is 0. The lowest BCUT2D eigenvalue weighted by Gasteiger charge is -2.33. The van der Waals surface area contributed by atoms with Gasteiger partial charge >= 0.3 is 0 Å². The largest absolute Gasteiger partial charge is 0.394 e. The van der Waals surface area contributed by atoms with Crippen LogP contribution in [0.25, 0.3) is 0 Å². The van der Waals surface area contributed by atoms with Crippen molar-refractivity contribution in [3.8, 4) is 0 Å². The van der Waals surface area contributed by atoms with E-state index in [9.17, 15) is 10.2 Å². The molecule has 0 saturated heterocycles. The lowest BCUT2D eigenvalue weighted by molar-refractivity contribution is 0.0873. The number of hydrogen-bond donors (Lipinski definition) is 3. The first-order valence-electron chi connectivity index (χ1n) is 6.71. The third-order valence-corrected chi connectivity index (χ3v) is 3.38. The molecule has 0 aromatic heterocycles. The van der Waals surface area contributed by atoms with Gasteiger partial charge in [-0.3, -0.25) is 0 Å². The van der Waals surface area contributed by atoms with Crippen LogP contribution in [0.5, 0.6) is 0 Å². The molecule has 0 aliphatic carbocycles. The minimum atomic E-state index is -0.635. The highest BCUT2D eigenvalue weighted by atomic mass is 35.5. The molecule has 0 amide bonds. The van der Waals surface area contributed by atoms with Crippen LogP contribution >= 0.6 is 11.6 Å². The van der Waals surface area contributed by atoms with Crippen LogP contribution < -0.4 is 5.32 Å². The van der Waals surface area contributed by atoms with E-state index in [-0.39, 0.29) is 12.6 Å². The summed E-state index contributed by atoms with van der Waals surface area (Å²) < 4.78 is 0. The maximum Gasteiger partial charge on any atom is 0.0943 e. The molecule has 0 heterocycles. The summed E-state index contributed by atoms with van der Waals surface area (Å²) >= 11 is 5.96. The Kier molecular flexibility index (Phi) is 6.27. The highest BCUT2D eigenvalue weighted by Crippen LogP contribution is 2.24. The van der Waals surface area contributed by atoms with Gasteiger partial charge in [-0.15, -0.1) is 0 Å². The first kappa shape index (κ1) is 16.4. The third kappa shape index (κ3) is 5.11. The van der Waals surface area contributed by atoms with Crippen molar-refractivity contribution in [3.05, 3.63) is 34.9 Å². The maximum absolute atomic E-state index is 10.5. The highest BCUT2D eigenvalue weighted by molar-refractivity contribution is 6.30. The second-order valence-corrected chi connectivity index (χ2v) is 6.02. The second-order valence-electron chi connectivity index (χ2n) is 5.58. The van der Waals surface area contributed by atoms with E-state index < -0.39 is 11.6 Å². The van der Waals surface area contributed by atoms with Gasteiger partial charge in [-0.2, -0.15) is 0 Å². The minimum Gasteiger partial charge on any atom is -0.394 e. The zero-order valence-corrected chi connectivity index (χ0v) is 12.6. The van der Waals surface area contributed by atoms with E-state index in [4.69, 9.17) is 11.6 Å². The number of rotatable bonds is 7. The molecule has 1 rings (SSSR count). The minimum absolute atomic E-state index is 0.0233. The summed E-state index contributed by atoms with van der Waals surface area (Å²) in [5.41, 5.74) is 0.381. The summed E-state index contributed by atoms with van der Waals surface area (Å²) in [5, 5.41) is 23.8. The van der Waals surface area contributed by atoms with Crippen LogP contribution in [0, 0.1) is 0 Å². The smallest absolute Gasteiger partial charge is 0.0943 e. The summed E-state index contributed by atoms with van der Waals surface area (Å²) in [6, 6.07) is 7.17. The van der Waals surface area contributed by atoms with E-state index in [1.165, 1.54) is 0 Å². The van der Waals surface area contributed by atoms with Crippen LogP contribution in [0.3, 0.4) is 0 Å². The fourth-order valence-corrected chi connectivity index (χ4v) is 2.29. The van der Waals surface area contributed by atoms with Crippen molar-refractivity contribution in [2.75, 3.05) is 6.61 Å². The van der Waals surface area contributed by atoms with E-state index in [1.807, 2.05) is 26.0 Å². The summed E-state index contributed by atoms with van der Waals surface area (Å²) in [6.07, 6.45) is 1.15. The maximum atomic E-state index is 10.5. The van der Waals surface area contributed by atoms with E-state index in [1.54, 1.807) is 12.1 Å². The molecule has 19 heavy (non-hydrogen) atoms. The molecule has 1 unspecified atom stereocenters. The topological polar surface area (TPSA) is 52.5 Å². The summed E-state index contributed by atoms with van der Waals surface area (Å²) in [6.45, 7) is 5.93. The molecule has 2 atom stereocenters. The van der Waals surface area contributed by atoms with Gasteiger partial charge in [0.2, 0.25) is 0 Å². The predicted molar refractivity (Wildman–Crippen MR) is 79.4 cm³/mol. The Morgan fingerprint density at radius 1 is 1.37 bits per heavy atom. The quantitative estimate of drug-likeness (QED) is 0.722. The molecular formula is C15H24ClNO2.